The van der Waals surface area contributed by atoms with E-state index in [1.807, 2.05) is 0 Å². The second kappa shape index (κ2) is 8.72. The smallest absolute Gasteiger partial charge is 0.134 e. The van der Waals surface area contributed by atoms with E-state index in [1.165, 1.54) is 24.8 Å². The molecule has 4 nitrogen and oxygen atoms in total. The number of nitrogens with zero attached hydrogens (tertiary/aromatic N) is 2. The molecule has 0 saturated carbocycles. The third-order valence-electron chi connectivity index (χ3n) is 2.86. The van der Waals surface area contributed by atoms with Crippen molar-refractivity contribution in [3.8, 4) is 0 Å². The number of hydrogen-bond donors (Lipinski definition) is 2. The lowest BCUT2D eigenvalue weighted by Gasteiger charge is -2.14. The minimum atomic E-state index is 0.892. The molecule has 0 fully saturated rings. The van der Waals surface area contributed by atoms with Gasteiger partial charge >= 0.3 is 0 Å². The van der Waals surface area contributed by atoms with E-state index in [9.17, 15) is 0 Å². The fourth-order valence-corrected chi connectivity index (χ4v) is 1.95. The molecule has 0 amide bonds. The third-order valence-corrected chi connectivity index (χ3v) is 2.86. The zero-order valence-corrected chi connectivity index (χ0v) is 11.9. The summed E-state index contributed by atoms with van der Waals surface area (Å²) in [5, 5.41) is 6.75. The Kier molecular flexibility index (Phi) is 7.14. The van der Waals surface area contributed by atoms with E-state index >= 15 is 0 Å². The van der Waals surface area contributed by atoms with Crippen molar-refractivity contribution in [3.05, 3.63) is 11.9 Å². The van der Waals surface area contributed by atoms with Crippen LogP contribution in [-0.4, -0.2) is 23.1 Å². The maximum Gasteiger partial charge on any atom is 0.134 e. The molecule has 4 heteroatoms. The quantitative estimate of drug-likeness (QED) is 0.659. The Hall–Kier alpha value is -1.32. The second-order valence-electron chi connectivity index (χ2n) is 4.46. The van der Waals surface area contributed by atoms with Crippen LogP contribution in [-0.2, 0) is 6.42 Å². The number of nitrogens with one attached hydrogen (secondary N) is 2. The highest BCUT2D eigenvalue weighted by molar-refractivity contribution is 5.57. The summed E-state index contributed by atoms with van der Waals surface area (Å²) in [6.45, 7) is 8.38. The van der Waals surface area contributed by atoms with E-state index in [-0.39, 0.29) is 0 Å². The Labute approximate surface area is 111 Å². The van der Waals surface area contributed by atoms with Crippen molar-refractivity contribution in [3.63, 3.8) is 0 Å². The van der Waals surface area contributed by atoms with Crippen molar-refractivity contribution >= 4 is 11.6 Å². The van der Waals surface area contributed by atoms with Crippen LogP contribution in [0.5, 0.6) is 0 Å². The van der Waals surface area contributed by atoms with Crippen LogP contribution in [0.25, 0.3) is 0 Å². The van der Waals surface area contributed by atoms with Crippen LogP contribution in [0.4, 0.5) is 11.6 Å². The molecule has 1 aromatic heterocycles. The van der Waals surface area contributed by atoms with Crippen LogP contribution in [0.3, 0.4) is 0 Å². The van der Waals surface area contributed by atoms with E-state index < -0.39 is 0 Å². The molecule has 0 atom stereocenters. The van der Waals surface area contributed by atoms with E-state index in [0.717, 1.165) is 37.6 Å². The van der Waals surface area contributed by atoms with Crippen LogP contribution in [0.1, 0.15) is 52.0 Å². The number of unbranched alkanes of at least 4 members (excludes halogenated alkanes) is 2. The topological polar surface area (TPSA) is 49.8 Å². The van der Waals surface area contributed by atoms with Crippen molar-refractivity contribution < 1.29 is 0 Å². The number of anilines is 2. The summed E-state index contributed by atoms with van der Waals surface area (Å²) in [6, 6.07) is 0. The van der Waals surface area contributed by atoms with Gasteiger partial charge in [-0.05, 0) is 19.8 Å². The summed E-state index contributed by atoms with van der Waals surface area (Å²) in [7, 11) is 0. The highest BCUT2D eigenvalue weighted by Crippen LogP contribution is 2.21. The van der Waals surface area contributed by atoms with Crippen LogP contribution >= 0.6 is 0 Å². The van der Waals surface area contributed by atoms with Crippen molar-refractivity contribution in [2.24, 2.45) is 0 Å². The average Bonchev–Trinajstić information content (AvgIpc) is 2.38. The first-order valence-electron chi connectivity index (χ1n) is 7.15. The highest BCUT2D eigenvalue weighted by Gasteiger charge is 2.09. The largest absolute Gasteiger partial charge is 0.370 e. The highest BCUT2D eigenvalue weighted by atomic mass is 15.1. The summed E-state index contributed by atoms with van der Waals surface area (Å²) >= 11 is 0. The Morgan fingerprint density at radius 1 is 0.944 bits per heavy atom. The third kappa shape index (κ3) is 4.51. The average molecular weight is 250 g/mol. The lowest BCUT2D eigenvalue weighted by molar-refractivity contribution is 0.740. The normalized spacial score (nSPS) is 10.4. The predicted octanol–water partition coefficient (Wildman–Crippen LogP) is 3.46. The first-order chi connectivity index (χ1) is 8.83. The summed E-state index contributed by atoms with van der Waals surface area (Å²) in [5.74, 6) is 1.98. The fourth-order valence-electron chi connectivity index (χ4n) is 1.95. The molecule has 0 saturated heterocycles. The lowest BCUT2D eigenvalue weighted by atomic mass is 10.1. The van der Waals surface area contributed by atoms with Gasteiger partial charge in [-0.1, -0.05) is 33.1 Å². The van der Waals surface area contributed by atoms with Gasteiger partial charge in [0.25, 0.3) is 0 Å². The van der Waals surface area contributed by atoms with Crippen molar-refractivity contribution in [2.45, 2.75) is 52.9 Å². The molecule has 0 unspecified atom stereocenters. The molecule has 0 aliphatic carbocycles. The Morgan fingerprint density at radius 2 is 1.67 bits per heavy atom. The first kappa shape index (κ1) is 14.7. The zero-order chi connectivity index (χ0) is 13.2. The number of aromatic nitrogens is 2. The molecule has 1 heterocycles. The maximum absolute atomic E-state index is 4.38. The molecule has 0 aliphatic rings. The van der Waals surface area contributed by atoms with Gasteiger partial charge in [-0.15, -0.1) is 0 Å². The molecule has 1 rings (SSSR count). The molecule has 102 valence electrons. The SMILES string of the molecule is CCCCCNc1ncnc(NCC)c1CCC. The van der Waals surface area contributed by atoms with Gasteiger partial charge < -0.3 is 10.6 Å². The van der Waals surface area contributed by atoms with Gasteiger partial charge in [0.1, 0.15) is 18.0 Å². The summed E-state index contributed by atoms with van der Waals surface area (Å²) in [5.41, 5.74) is 1.22. The maximum atomic E-state index is 4.38. The number of hydrogen-bond acceptors (Lipinski definition) is 4. The van der Waals surface area contributed by atoms with E-state index in [2.05, 4.69) is 41.4 Å². The van der Waals surface area contributed by atoms with Gasteiger partial charge in [-0.3, -0.25) is 0 Å². The predicted molar refractivity (Wildman–Crippen MR) is 78.2 cm³/mol. The van der Waals surface area contributed by atoms with Crippen LogP contribution in [0.2, 0.25) is 0 Å². The molecular formula is C14H26N4. The number of rotatable bonds is 9. The molecule has 0 spiro atoms. The molecule has 2 N–H and O–H groups in total. The van der Waals surface area contributed by atoms with E-state index in [1.54, 1.807) is 6.33 Å². The van der Waals surface area contributed by atoms with Gasteiger partial charge in [0.05, 0.1) is 0 Å². The van der Waals surface area contributed by atoms with Crippen LogP contribution in [0.15, 0.2) is 6.33 Å². The standard InChI is InChI=1S/C14H26N4/c1-4-7-8-10-16-14-12(9-5-2)13(15-6-3)17-11-18-14/h11H,4-10H2,1-3H3,(H2,15,16,17,18). The van der Waals surface area contributed by atoms with Gasteiger partial charge in [0, 0.05) is 18.7 Å². The zero-order valence-electron chi connectivity index (χ0n) is 11.9. The Balaban J connectivity index is 2.71. The molecule has 0 radical (unpaired) electrons. The molecule has 0 aliphatic heterocycles. The second-order valence-corrected chi connectivity index (χ2v) is 4.46. The molecule has 0 bridgehead atoms. The minimum absolute atomic E-state index is 0.892. The molecule has 1 aromatic rings. The summed E-state index contributed by atoms with van der Waals surface area (Å²) in [6.07, 6.45) is 7.47. The monoisotopic (exact) mass is 250 g/mol. The summed E-state index contributed by atoms with van der Waals surface area (Å²) in [4.78, 5) is 8.71. The van der Waals surface area contributed by atoms with Crippen molar-refractivity contribution in [1.82, 2.24) is 9.97 Å². The van der Waals surface area contributed by atoms with E-state index in [4.69, 9.17) is 0 Å². The van der Waals surface area contributed by atoms with Crippen molar-refractivity contribution in [1.29, 1.82) is 0 Å². The lowest BCUT2D eigenvalue weighted by Crippen LogP contribution is -2.11. The Bertz CT molecular complexity index is 339. The molecular weight excluding hydrogens is 224 g/mol. The fraction of sp³-hybridized carbons (Fsp3) is 0.714. The van der Waals surface area contributed by atoms with Gasteiger partial charge in [-0.2, -0.15) is 0 Å². The summed E-state index contributed by atoms with van der Waals surface area (Å²) < 4.78 is 0. The van der Waals surface area contributed by atoms with Crippen LogP contribution in [0, 0.1) is 0 Å². The Morgan fingerprint density at radius 3 is 2.28 bits per heavy atom. The molecule has 18 heavy (non-hydrogen) atoms. The minimum Gasteiger partial charge on any atom is -0.370 e. The first-order valence-corrected chi connectivity index (χ1v) is 7.15. The van der Waals surface area contributed by atoms with E-state index in [0.29, 0.717) is 0 Å². The van der Waals surface area contributed by atoms with Gasteiger partial charge in [-0.25, -0.2) is 9.97 Å². The van der Waals surface area contributed by atoms with Gasteiger partial charge in [0.15, 0.2) is 0 Å². The van der Waals surface area contributed by atoms with Crippen LogP contribution < -0.4 is 10.6 Å². The van der Waals surface area contributed by atoms with Gasteiger partial charge in [0.2, 0.25) is 0 Å². The molecule has 0 aromatic carbocycles. The van der Waals surface area contributed by atoms with Crippen molar-refractivity contribution in [2.75, 3.05) is 23.7 Å².